The maximum absolute atomic E-state index is 14.0. The first-order valence-electron chi connectivity index (χ1n) is 13.0. The van der Waals surface area contributed by atoms with Crippen molar-refractivity contribution in [2.24, 2.45) is 0 Å². The van der Waals surface area contributed by atoms with E-state index >= 15 is 0 Å². The number of rotatable bonds is 8. The molecule has 14 heteroatoms. The van der Waals surface area contributed by atoms with Crippen LogP contribution in [0.3, 0.4) is 0 Å². The summed E-state index contributed by atoms with van der Waals surface area (Å²) in [6.07, 6.45) is -3.36. The zero-order valence-corrected chi connectivity index (χ0v) is 24.0. The highest BCUT2D eigenvalue weighted by atomic mass is 19.4. The van der Waals surface area contributed by atoms with Gasteiger partial charge in [-0.15, -0.1) is 0 Å². The number of carbonyl (C=O) groups is 2. The quantitative estimate of drug-likeness (QED) is 0.160. The number of hydrogen-bond donors (Lipinski definition) is 3. The van der Waals surface area contributed by atoms with Crippen molar-refractivity contribution in [3.63, 3.8) is 0 Å². The van der Waals surface area contributed by atoms with Gasteiger partial charge in [-0.05, 0) is 48.5 Å². The highest BCUT2D eigenvalue weighted by molar-refractivity contribution is 6.05. The Morgan fingerprint density at radius 1 is 0.844 bits per heavy atom. The Morgan fingerprint density at radius 3 is 2.11 bits per heavy atom. The number of anilines is 3. The Morgan fingerprint density at radius 2 is 1.51 bits per heavy atom. The zero-order valence-electron chi connectivity index (χ0n) is 24.0. The minimum Gasteiger partial charge on any atom is -0.493 e. The molecule has 1 heterocycles. The summed E-state index contributed by atoms with van der Waals surface area (Å²) in [5.74, 6) is -2.09. The summed E-state index contributed by atoms with van der Waals surface area (Å²) in [5, 5.41) is 18.5. The molecule has 0 bridgehead atoms. The summed E-state index contributed by atoms with van der Waals surface area (Å²) < 4.78 is 63.6. The second-order valence-corrected chi connectivity index (χ2v) is 9.16. The molecular weight excluding hydrogens is 600 g/mol. The van der Waals surface area contributed by atoms with Crippen LogP contribution in [0.4, 0.5) is 34.6 Å². The molecule has 0 aliphatic carbocycles. The van der Waals surface area contributed by atoms with E-state index in [0.29, 0.717) is 39.9 Å². The van der Waals surface area contributed by atoms with Gasteiger partial charge in [-0.2, -0.15) is 18.3 Å². The van der Waals surface area contributed by atoms with Gasteiger partial charge in [-0.1, -0.05) is 18.2 Å². The van der Waals surface area contributed by atoms with Gasteiger partial charge in [-0.3, -0.25) is 4.79 Å². The summed E-state index contributed by atoms with van der Waals surface area (Å²) in [6, 6.07) is 22.6. The minimum atomic E-state index is -5.08. The number of benzene rings is 4. The molecule has 0 radical (unpaired) electrons. The van der Waals surface area contributed by atoms with Crippen molar-refractivity contribution in [2.75, 3.05) is 32.0 Å². The van der Waals surface area contributed by atoms with Gasteiger partial charge in [-0.25, -0.2) is 13.9 Å². The molecule has 0 aliphatic rings. The number of aromatic nitrogens is 2. The fourth-order valence-corrected chi connectivity index (χ4v) is 4.17. The molecule has 0 unspecified atom stereocenters. The maximum atomic E-state index is 14.0. The van der Waals surface area contributed by atoms with Crippen LogP contribution in [0.15, 0.2) is 85.1 Å². The number of carboxylic acid groups (broad SMARTS) is 1. The number of methoxy groups -OCH3 is 3. The van der Waals surface area contributed by atoms with Gasteiger partial charge in [0.25, 0.3) is 5.91 Å². The summed E-state index contributed by atoms with van der Waals surface area (Å²) in [7, 11) is 4.54. The monoisotopic (exact) mass is 626 g/mol. The van der Waals surface area contributed by atoms with Crippen LogP contribution in [-0.2, 0) is 4.79 Å². The number of carbonyl (C=O) groups excluding carboxylic acids is 1. The van der Waals surface area contributed by atoms with E-state index < -0.39 is 12.1 Å². The largest absolute Gasteiger partial charge is 0.493 e. The van der Waals surface area contributed by atoms with E-state index in [1.165, 1.54) is 27.4 Å². The van der Waals surface area contributed by atoms with E-state index in [-0.39, 0.29) is 11.7 Å². The number of nitrogens with zero attached hydrogens (tertiary/aromatic N) is 2. The van der Waals surface area contributed by atoms with E-state index in [1.54, 1.807) is 59.4 Å². The lowest BCUT2D eigenvalue weighted by molar-refractivity contribution is -0.192. The van der Waals surface area contributed by atoms with Crippen LogP contribution in [-0.4, -0.2) is 54.3 Å². The molecule has 5 rings (SSSR count). The van der Waals surface area contributed by atoms with Crippen LogP contribution in [0.25, 0.3) is 16.6 Å². The van der Waals surface area contributed by atoms with Crippen LogP contribution in [0.1, 0.15) is 10.4 Å². The van der Waals surface area contributed by atoms with E-state index in [2.05, 4.69) is 15.7 Å². The predicted octanol–water partition coefficient (Wildman–Crippen LogP) is 6.82. The van der Waals surface area contributed by atoms with Crippen molar-refractivity contribution in [3.8, 4) is 22.9 Å². The molecule has 0 saturated carbocycles. The second-order valence-electron chi connectivity index (χ2n) is 9.16. The Kier molecular flexibility index (Phi) is 9.76. The lowest BCUT2D eigenvalue weighted by Crippen LogP contribution is -2.21. The number of halogens is 4. The summed E-state index contributed by atoms with van der Waals surface area (Å²) in [4.78, 5) is 22.0. The first kappa shape index (κ1) is 32.1. The summed E-state index contributed by atoms with van der Waals surface area (Å²) in [5.41, 5.74) is 3.62. The number of nitrogens with one attached hydrogen (secondary N) is 2. The van der Waals surface area contributed by atoms with Gasteiger partial charge in [0.2, 0.25) is 5.75 Å². The third-order valence-corrected chi connectivity index (χ3v) is 6.24. The first-order chi connectivity index (χ1) is 21.4. The van der Waals surface area contributed by atoms with Crippen LogP contribution in [0.2, 0.25) is 0 Å². The number of aliphatic carboxylic acids is 1. The van der Waals surface area contributed by atoms with E-state index in [9.17, 15) is 22.4 Å². The highest BCUT2D eigenvalue weighted by Gasteiger charge is 2.38. The molecule has 1 amide bonds. The maximum Gasteiger partial charge on any atom is 0.490 e. The van der Waals surface area contributed by atoms with Gasteiger partial charge in [0, 0.05) is 34.5 Å². The van der Waals surface area contributed by atoms with Gasteiger partial charge >= 0.3 is 12.1 Å². The SMILES string of the molecule is COc1cc(NC(=O)c2cccc(-n3ncc4cc(Nc5ccccc5F)ccc43)c2)cc(OC)c1OC.O=C(O)C(F)(F)F. The number of amides is 1. The van der Waals surface area contributed by atoms with E-state index in [4.69, 9.17) is 24.1 Å². The molecule has 0 aliphatic heterocycles. The Balaban J connectivity index is 0.000000591. The summed E-state index contributed by atoms with van der Waals surface area (Å²) >= 11 is 0. The number of ether oxygens (including phenoxy) is 3. The topological polar surface area (TPSA) is 124 Å². The van der Waals surface area contributed by atoms with Gasteiger partial charge < -0.3 is 30.0 Å². The molecule has 1 aromatic heterocycles. The second kappa shape index (κ2) is 13.7. The molecule has 5 aromatic rings. The zero-order chi connectivity index (χ0) is 32.7. The van der Waals surface area contributed by atoms with Crippen molar-refractivity contribution in [1.29, 1.82) is 0 Å². The van der Waals surface area contributed by atoms with Crippen molar-refractivity contribution in [2.45, 2.75) is 6.18 Å². The molecule has 0 fully saturated rings. The average molecular weight is 627 g/mol. The molecule has 3 N–H and O–H groups in total. The molecule has 10 nitrogen and oxygen atoms in total. The van der Waals surface area contributed by atoms with E-state index in [1.807, 2.05) is 24.3 Å². The number of alkyl halides is 3. The number of carboxylic acids is 1. The number of para-hydroxylation sites is 1. The Labute approximate surface area is 253 Å². The molecule has 45 heavy (non-hydrogen) atoms. The third kappa shape index (κ3) is 7.60. The van der Waals surface area contributed by atoms with Gasteiger partial charge in [0.1, 0.15) is 5.82 Å². The van der Waals surface area contributed by atoms with Crippen molar-refractivity contribution in [1.82, 2.24) is 9.78 Å². The standard InChI is InChI=1S/C29H25FN4O4.C2HF3O2/c1-36-26-15-21(16-27(37-2)28(26)38-3)33-29(35)18-7-6-8-22(14-18)34-25-12-11-20(13-19(25)17-31-34)32-24-10-5-4-9-23(24)30;3-2(4,5)1(6)7/h4-17,32H,1-3H3,(H,33,35);(H,6,7). The van der Waals surface area contributed by atoms with Crippen molar-refractivity contribution in [3.05, 3.63) is 96.4 Å². The van der Waals surface area contributed by atoms with Gasteiger partial charge in [0.05, 0.1) is 44.4 Å². The van der Waals surface area contributed by atoms with Crippen molar-refractivity contribution >= 4 is 39.8 Å². The number of hydrogen-bond acceptors (Lipinski definition) is 7. The van der Waals surface area contributed by atoms with Crippen molar-refractivity contribution < 1.29 is 46.5 Å². The fraction of sp³-hybridized carbons (Fsp3) is 0.129. The molecule has 234 valence electrons. The molecular formula is C31H26F4N4O6. The van der Waals surface area contributed by atoms with Crippen LogP contribution in [0.5, 0.6) is 17.2 Å². The lowest BCUT2D eigenvalue weighted by Gasteiger charge is -2.15. The minimum absolute atomic E-state index is 0.311. The molecule has 0 saturated heterocycles. The van der Waals surface area contributed by atoms with E-state index in [0.717, 1.165) is 16.6 Å². The van der Waals surface area contributed by atoms with Crippen LogP contribution < -0.4 is 24.8 Å². The average Bonchev–Trinajstić information content (AvgIpc) is 3.45. The predicted molar refractivity (Wildman–Crippen MR) is 158 cm³/mol. The number of fused-ring (bicyclic) bond motifs is 1. The smallest absolute Gasteiger partial charge is 0.490 e. The third-order valence-electron chi connectivity index (χ3n) is 6.24. The normalized spacial score (nSPS) is 10.8. The van der Waals surface area contributed by atoms with Gasteiger partial charge in [0.15, 0.2) is 11.5 Å². The Bertz CT molecular complexity index is 1820. The Hall–Kier alpha value is -5.79. The molecule has 4 aromatic carbocycles. The first-order valence-corrected chi connectivity index (χ1v) is 13.0. The van der Waals surface area contributed by atoms with Crippen LogP contribution >= 0.6 is 0 Å². The fourth-order valence-electron chi connectivity index (χ4n) is 4.17. The molecule has 0 atom stereocenters. The summed E-state index contributed by atoms with van der Waals surface area (Å²) in [6.45, 7) is 0. The molecule has 0 spiro atoms. The highest BCUT2D eigenvalue weighted by Crippen LogP contribution is 2.40. The lowest BCUT2D eigenvalue weighted by atomic mass is 10.1. The van der Waals surface area contributed by atoms with Crippen LogP contribution in [0, 0.1) is 5.82 Å².